The Morgan fingerprint density at radius 2 is 1.88 bits per heavy atom. The molecule has 3 aromatic rings. The summed E-state index contributed by atoms with van der Waals surface area (Å²) in [6.07, 6.45) is 3.12. The molecule has 0 aliphatic carbocycles. The van der Waals surface area contributed by atoms with Crippen molar-refractivity contribution in [2.75, 3.05) is 41.3 Å². The van der Waals surface area contributed by atoms with Crippen molar-refractivity contribution in [3.05, 3.63) is 65.9 Å². The fraction of sp³-hybridized carbons (Fsp3) is 0.346. The highest BCUT2D eigenvalue weighted by Crippen LogP contribution is 2.27. The number of benzene rings is 2. The lowest BCUT2D eigenvalue weighted by Crippen LogP contribution is -2.38. The van der Waals surface area contributed by atoms with E-state index in [1.165, 1.54) is 4.90 Å². The molecule has 0 radical (unpaired) electrons. The quantitative estimate of drug-likeness (QED) is 0.437. The molecule has 176 valence electrons. The Balaban J connectivity index is 1.81. The molecule has 1 amide bonds. The number of hydrogen-bond acceptors (Lipinski definition) is 5. The number of hydrogen-bond donors (Lipinski definition) is 0. The fourth-order valence-corrected chi connectivity index (χ4v) is 4.08. The third-order valence-electron chi connectivity index (χ3n) is 5.95. The fourth-order valence-electron chi connectivity index (χ4n) is 4.08. The summed E-state index contributed by atoms with van der Waals surface area (Å²) in [4.78, 5) is 29.9. The normalized spacial score (nSPS) is 11.8. The van der Waals surface area contributed by atoms with Crippen LogP contribution >= 0.6 is 0 Å². The molecule has 0 bridgehead atoms. The topological polar surface area (TPSA) is 78.6 Å². The van der Waals surface area contributed by atoms with E-state index in [1.807, 2.05) is 68.8 Å². The second-order valence-corrected chi connectivity index (χ2v) is 8.80. The standard InChI is InChI=1S/C26H31BN4O3/c1-29(2)13-12-20-16-31(24-11-10-21(34-4)15-22(20)24)25(32)17-30(3)26(33)23(27-18-28)14-19-8-6-5-7-9-19/h5-11,15-16,23,27H,12-14,17H2,1-4H3/t23-/m0/s1. The van der Waals surface area contributed by atoms with E-state index in [4.69, 9.17) is 4.74 Å². The molecule has 8 heteroatoms. The third kappa shape index (κ3) is 6.06. The van der Waals surface area contributed by atoms with Gasteiger partial charge < -0.3 is 14.5 Å². The van der Waals surface area contributed by atoms with E-state index in [2.05, 4.69) is 10.9 Å². The van der Waals surface area contributed by atoms with Crippen LogP contribution in [0.15, 0.2) is 54.7 Å². The summed E-state index contributed by atoms with van der Waals surface area (Å²) in [5.74, 6) is 1.95. The zero-order chi connectivity index (χ0) is 24.7. The van der Waals surface area contributed by atoms with Crippen LogP contribution in [0.5, 0.6) is 5.75 Å². The largest absolute Gasteiger partial charge is 0.497 e. The molecular formula is C26H31BN4O3. The van der Waals surface area contributed by atoms with Crippen molar-refractivity contribution in [3.63, 3.8) is 0 Å². The highest BCUT2D eigenvalue weighted by atomic mass is 16.5. The summed E-state index contributed by atoms with van der Waals surface area (Å²) in [5, 5.41) is 10.2. The molecule has 0 fully saturated rings. The van der Waals surface area contributed by atoms with Gasteiger partial charge in [0, 0.05) is 31.0 Å². The van der Waals surface area contributed by atoms with E-state index in [-0.39, 0.29) is 25.6 Å². The summed E-state index contributed by atoms with van der Waals surface area (Å²) in [6.45, 7) is 0.775. The number of ether oxygens (including phenoxy) is 1. The Morgan fingerprint density at radius 1 is 1.15 bits per heavy atom. The van der Waals surface area contributed by atoms with Crippen molar-refractivity contribution < 1.29 is 14.3 Å². The number of carbonyl (C=O) groups excluding carboxylic acids is 2. The number of rotatable bonds is 10. The first kappa shape index (κ1) is 25.1. The minimum absolute atomic E-state index is 0.0710. The maximum atomic E-state index is 13.3. The van der Waals surface area contributed by atoms with Gasteiger partial charge in [-0.15, -0.1) is 0 Å². The van der Waals surface area contributed by atoms with Gasteiger partial charge in [-0.25, -0.2) is 5.26 Å². The highest BCUT2D eigenvalue weighted by molar-refractivity contribution is 6.52. The molecule has 0 saturated heterocycles. The zero-order valence-corrected chi connectivity index (χ0v) is 20.3. The number of fused-ring (bicyclic) bond motifs is 1. The first-order chi connectivity index (χ1) is 16.3. The average Bonchev–Trinajstić information content (AvgIpc) is 3.20. The molecule has 1 heterocycles. The van der Waals surface area contributed by atoms with Crippen LogP contribution in [0.1, 0.15) is 15.9 Å². The van der Waals surface area contributed by atoms with Gasteiger partial charge in [-0.1, -0.05) is 30.3 Å². The van der Waals surface area contributed by atoms with Crippen molar-refractivity contribution >= 4 is 30.0 Å². The van der Waals surface area contributed by atoms with Crippen LogP contribution in [0.25, 0.3) is 10.9 Å². The summed E-state index contributed by atoms with van der Waals surface area (Å²) in [5.41, 5.74) is 2.83. The lowest BCUT2D eigenvalue weighted by atomic mass is 9.63. The van der Waals surface area contributed by atoms with Gasteiger partial charge in [0.05, 0.1) is 12.6 Å². The Kier molecular flexibility index (Phi) is 8.50. The molecule has 0 aliphatic heterocycles. The second-order valence-electron chi connectivity index (χ2n) is 8.80. The highest BCUT2D eigenvalue weighted by Gasteiger charge is 2.26. The Hall–Kier alpha value is -3.57. The maximum Gasteiger partial charge on any atom is 0.263 e. The minimum atomic E-state index is -0.494. The number of methoxy groups -OCH3 is 1. The number of carbonyl (C=O) groups is 2. The van der Waals surface area contributed by atoms with Crippen molar-refractivity contribution in [2.45, 2.75) is 18.7 Å². The maximum absolute atomic E-state index is 13.3. The summed E-state index contributed by atoms with van der Waals surface area (Å²) < 4.78 is 7.01. The molecule has 0 unspecified atom stereocenters. The van der Waals surface area contributed by atoms with E-state index in [9.17, 15) is 14.9 Å². The van der Waals surface area contributed by atoms with Crippen molar-refractivity contribution in [2.24, 2.45) is 0 Å². The zero-order valence-electron chi connectivity index (χ0n) is 20.3. The SMILES string of the molecule is COc1ccc2c(c1)c(CCN(C)C)cn2C(=O)CN(C)C(=O)[C@@H](BC#N)Cc1ccccc1. The van der Waals surface area contributed by atoms with Crippen LogP contribution in [-0.4, -0.2) is 74.8 Å². The van der Waals surface area contributed by atoms with Crippen LogP contribution in [0, 0.1) is 11.2 Å². The Bertz CT molecular complexity index is 1180. The molecule has 0 saturated carbocycles. The van der Waals surface area contributed by atoms with Gasteiger partial charge in [0.2, 0.25) is 5.91 Å². The Morgan fingerprint density at radius 3 is 2.53 bits per heavy atom. The molecule has 7 nitrogen and oxygen atoms in total. The molecule has 0 N–H and O–H groups in total. The predicted molar refractivity (Wildman–Crippen MR) is 136 cm³/mol. The summed E-state index contributed by atoms with van der Waals surface area (Å²) in [6, 6.07) is 15.3. The van der Waals surface area contributed by atoms with E-state index in [0.717, 1.165) is 40.7 Å². The smallest absolute Gasteiger partial charge is 0.263 e. The van der Waals surface area contributed by atoms with E-state index < -0.39 is 5.82 Å². The summed E-state index contributed by atoms with van der Waals surface area (Å²) in [7, 11) is 7.37. The number of nitriles is 1. The molecular weight excluding hydrogens is 427 g/mol. The summed E-state index contributed by atoms with van der Waals surface area (Å²) >= 11 is 0. The molecule has 0 spiro atoms. The van der Waals surface area contributed by atoms with Crippen molar-refractivity contribution in [3.8, 4) is 11.7 Å². The van der Waals surface area contributed by atoms with Gasteiger partial charge in [0.25, 0.3) is 13.2 Å². The van der Waals surface area contributed by atoms with Crippen LogP contribution in [0.2, 0.25) is 5.82 Å². The molecule has 1 aromatic heterocycles. The minimum Gasteiger partial charge on any atom is -0.497 e. The Labute approximate surface area is 201 Å². The number of nitrogens with zero attached hydrogens (tertiary/aromatic N) is 4. The number of likely N-dealkylation sites (N-methyl/N-ethyl adjacent to an activating group) is 2. The van der Waals surface area contributed by atoms with Gasteiger partial charge in [0.15, 0.2) is 0 Å². The average molecular weight is 458 g/mol. The van der Waals surface area contributed by atoms with Gasteiger partial charge in [0.1, 0.15) is 12.3 Å². The molecule has 1 atom stereocenters. The molecule has 2 aromatic carbocycles. The van der Waals surface area contributed by atoms with E-state index >= 15 is 0 Å². The van der Waals surface area contributed by atoms with Crippen molar-refractivity contribution in [1.82, 2.24) is 14.4 Å². The van der Waals surface area contributed by atoms with Crippen LogP contribution in [0.4, 0.5) is 0 Å². The molecule has 34 heavy (non-hydrogen) atoms. The third-order valence-corrected chi connectivity index (χ3v) is 5.95. The van der Waals surface area contributed by atoms with Gasteiger partial charge in [-0.2, -0.15) is 0 Å². The second kappa shape index (κ2) is 11.5. The van der Waals surface area contributed by atoms with Crippen LogP contribution in [-0.2, 0) is 17.6 Å². The first-order valence-corrected chi connectivity index (χ1v) is 11.4. The van der Waals surface area contributed by atoms with Crippen LogP contribution in [0.3, 0.4) is 0 Å². The van der Waals surface area contributed by atoms with Gasteiger partial charge in [-0.3, -0.25) is 14.2 Å². The van der Waals surface area contributed by atoms with E-state index in [0.29, 0.717) is 6.42 Å². The van der Waals surface area contributed by atoms with Crippen LogP contribution < -0.4 is 4.74 Å². The van der Waals surface area contributed by atoms with Gasteiger partial charge >= 0.3 is 0 Å². The number of amides is 1. The molecule has 0 aliphatic rings. The van der Waals surface area contributed by atoms with Crippen molar-refractivity contribution in [1.29, 1.82) is 5.26 Å². The first-order valence-electron chi connectivity index (χ1n) is 11.4. The number of aromatic nitrogens is 1. The lowest BCUT2D eigenvalue weighted by Gasteiger charge is -2.22. The lowest BCUT2D eigenvalue weighted by molar-refractivity contribution is -0.129. The van der Waals surface area contributed by atoms with E-state index in [1.54, 1.807) is 18.7 Å². The van der Waals surface area contributed by atoms with Gasteiger partial charge in [-0.05, 0) is 62.2 Å². The molecule has 3 rings (SSSR count). The monoisotopic (exact) mass is 458 g/mol. The predicted octanol–water partition coefficient (Wildman–Crippen LogP) is 2.80.